The van der Waals surface area contributed by atoms with Crippen molar-refractivity contribution in [1.29, 1.82) is 0 Å². The van der Waals surface area contributed by atoms with Gasteiger partial charge in [0.05, 0.1) is 12.2 Å². The molecule has 1 saturated heterocycles. The Hall–Kier alpha value is -0.380. The second-order valence-electron chi connectivity index (χ2n) is 6.11. The van der Waals surface area contributed by atoms with Crippen LogP contribution in [0.2, 0.25) is 0 Å². The van der Waals surface area contributed by atoms with Gasteiger partial charge in [-0.1, -0.05) is 6.08 Å². The lowest BCUT2D eigenvalue weighted by atomic mass is 10.2. The quantitative estimate of drug-likeness (QED) is 0.666. The molecule has 1 N–H and O–H groups in total. The Labute approximate surface area is 111 Å². The molecule has 3 nitrogen and oxygen atoms in total. The van der Waals surface area contributed by atoms with Crippen LogP contribution in [0.3, 0.4) is 0 Å². The highest BCUT2D eigenvalue weighted by Gasteiger charge is 2.33. The van der Waals surface area contributed by atoms with Gasteiger partial charge in [0, 0.05) is 31.7 Å². The molecule has 0 spiro atoms. The van der Waals surface area contributed by atoms with Crippen LogP contribution in [-0.4, -0.2) is 48.8 Å². The minimum absolute atomic E-state index is 0.455. The highest BCUT2D eigenvalue weighted by molar-refractivity contribution is 4.91. The summed E-state index contributed by atoms with van der Waals surface area (Å²) >= 11 is 0. The molecule has 3 rings (SSSR count). The van der Waals surface area contributed by atoms with Crippen LogP contribution in [0, 0.1) is 0 Å². The van der Waals surface area contributed by atoms with Crippen LogP contribution in [0.25, 0.3) is 0 Å². The minimum atomic E-state index is 0.455. The van der Waals surface area contributed by atoms with Gasteiger partial charge in [0.25, 0.3) is 0 Å². The highest BCUT2D eigenvalue weighted by Crippen LogP contribution is 2.29. The van der Waals surface area contributed by atoms with Crippen molar-refractivity contribution in [2.24, 2.45) is 0 Å². The molecule has 1 heterocycles. The summed E-state index contributed by atoms with van der Waals surface area (Å²) in [4.78, 5) is 2.55. The van der Waals surface area contributed by atoms with Gasteiger partial charge in [-0.15, -0.1) is 6.58 Å². The molecule has 0 bridgehead atoms. The second-order valence-corrected chi connectivity index (χ2v) is 6.11. The van der Waals surface area contributed by atoms with Crippen molar-refractivity contribution >= 4 is 0 Å². The van der Waals surface area contributed by atoms with Gasteiger partial charge in [-0.3, -0.25) is 4.90 Å². The Morgan fingerprint density at radius 1 is 1.11 bits per heavy atom. The van der Waals surface area contributed by atoms with Crippen molar-refractivity contribution in [3.05, 3.63) is 12.7 Å². The Bertz CT molecular complexity index is 286. The van der Waals surface area contributed by atoms with Crippen LogP contribution in [0.5, 0.6) is 0 Å². The molecule has 2 atom stereocenters. The van der Waals surface area contributed by atoms with Crippen molar-refractivity contribution in [3.8, 4) is 0 Å². The Kier molecular flexibility index (Phi) is 4.02. The topological polar surface area (TPSA) is 24.5 Å². The normalized spacial score (nSPS) is 32.1. The van der Waals surface area contributed by atoms with E-state index in [4.69, 9.17) is 4.74 Å². The predicted octanol–water partition coefficient (Wildman–Crippen LogP) is 1.94. The molecule has 18 heavy (non-hydrogen) atoms. The van der Waals surface area contributed by atoms with Crippen LogP contribution < -0.4 is 5.32 Å². The molecule has 0 aromatic heterocycles. The number of hydrogen-bond donors (Lipinski definition) is 1. The van der Waals surface area contributed by atoms with Gasteiger partial charge in [0.1, 0.15) is 0 Å². The highest BCUT2D eigenvalue weighted by atomic mass is 16.5. The van der Waals surface area contributed by atoms with Gasteiger partial charge in [-0.2, -0.15) is 0 Å². The third-order valence-corrected chi connectivity index (χ3v) is 4.27. The van der Waals surface area contributed by atoms with E-state index in [-0.39, 0.29) is 0 Å². The lowest BCUT2D eigenvalue weighted by molar-refractivity contribution is 0.0238. The summed E-state index contributed by atoms with van der Waals surface area (Å²) in [6, 6.07) is 1.62. The van der Waals surface area contributed by atoms with Gasteiger partial charge in [-0.25, -0.2) is 0 Å². The summed E-state index contributed by atoms with van der Waals surface area (Å²) < 4.78 is 6.16. The van der Waals surface area contributed by atoms with E-state index in [2.05, 4.69) is 16.8 Å². The monoisotopic (exact) mass is 250 g/mol. The van der Waals surface area contributed by atoms with Crippen molar-refractivity contribution in [1.82, 2.24) is 10.2 Å². The number of nitrogens with one attached hydrogen (secondary N) is 1. The van der Waals surface area contributed by atoms with E-state index in [1.807, 2.05) is 6.08 Å². The largest absolute Gasteiger partial charge is 0.372 e. The molecule has 3 fully saturated rings. The summed E-state index contributed by atoms with van der Waals surface area (Å²) in [6.45, 7) is 7.06. The van der Waals surface area contributed by atoms with E-state index < -0.39 is 0 Å². The lowest BCUT2D eigenvalue weighted by Gasteiger charge is -2.24. The number of ether oxygens (including phenoxy) is 1. The Morgan fingerprint density at radius 3 is 2.56 bits per heavy atom. The second kappa shape index (κ2) is 5.72. The summed E-state index contributed by atoms with van der Waals surface area (Å²) in [7, 11) is 0. The Balaban J connectivity index is 1.38. The molecular weight excluding hydrogens is 224 g/mol. The minimum Gasteiger partial charge on any atom is -0.372 e. The fraction of sp³-hybridized carbons (Fsp3) is 0.867. The van der Waals surface area contributed by atoms with Crippen molar-refractivity contribution in [2.75, 3.05) is 19.6 Å². The molecular formula is C15H26N2O. The molecule has 0 amide bonds. The molecule has 102 valence electrons. The molecule has 0 aromatic rings. The maximum atomic E-state index is 6.16. The van der Waals surface area contributed by atoms with Crippen molar-refractivity contribution in [2.45, 2.75) is 62.8 Å². The zero-order valence-electron chi connectivity index (χ0n) is 11.3. The average Bonchev–Trinajstić information content (AvgIpc) is 3.27. The molecule has 3 aliphatic rings. The molecule has 3 heteroatoms. The number of hydrogen-bond acceptors (Lipinski definition) is 3. The van der Waals surface area contributed by atoms with Crippen LogP contribution in [-0.2, 0) is 4.74 Å². The van der Waals surface area contributed by atoms with E-state index in [0.717, 1.165) is 31.7 Å². The fourth-order valence-electron chi connectivity index (χ4n) is 2.89. The first-order valence-electron chi connectivity index (χ1n) is 7.59. The van der Waals surface area contributed by atoms with Crippen molar-refractivity contribution in [3.63, 3.8) is 0 Å². The molecule has 0 aromatic carbocycles. The van der Waals surface area contributed by atoms with Crippen LogP contribution in [0.1, 0.15) is 38.5 Å². The molecule has 2 unspecified atom stereocenters. The third kappa shape index (κ3) is 3.56. The lowest BCUT2D eigenvalue weighted by Crippen LogP contribution is -2.35. The summed E-state index contributed by atoms with van der Waals surface area (Å²) in [5.74, 6) is 0. The Morgan fingerprint density at radius 2 is 1.89 bits per heavy atom. The van der Waals surface area contributed by atoms with E-state index in [9.17, 15) is 0 Å². The summed E-state index contributed by atoms with van der Waals surface area (Å²) in [6.07, 6.45) is 10.9. The van der Waals surface area contributed by atoms with E-state index in [1.54, 1.807) is 0 Å². The van der Waals surface area contributed by atoms with E-state index >= 15 is 0 Å². The smallest absolute Gasteiger partial charge is 0.0707 e. The maximum Gasteiger partial charge on any atom is 0.0707 e. The van der Waals surface area contributed by atoms with Crippen LogP contribution in [0.15, 0.2) is 12.7 Å². The average molecular weight is 250 g/mol. The molecule has 0 radical (unpaired) electrons. The van der Waals surface area contributed by atoms with Gasteiger partial charge < -0.3 is 10.1 Å². The van der Waals surface area contributed by atoms with Crippen molar-refractivity contribution < 1.29 is 4.74 Å². The SMILES string of the molecule is C=CCN(CC1CCC(CNC2CC2)O1)C1CC1. The predicted molar refractivity (Wildman–Crippen MR) is 73.7 cm³/mol. The summed E-state index contributed by atoms with van der Waals surface area (Å²) in [5.41, 5.74) is 0. The van der Waals surface area contributed by atoms with E-state index in [1.165, 1.54) is 38.5 Å². The van der Waals surface area contributed by atoms with Gasteiger partial charge >= 0.3 is 0 Å². The first-order valence-corrected chi connectivity index (χ1v) is 7.59. The van der Waals surface area contributed by atoms with Gasteiger partial charge in [0.2, 0.25) is 0 Å². The zero-order valence-corrected chi connectivity index (χ0v) is 11.3. The van der Waals surface area contributed by atoms with E-state index in [0.29, 0.717) is 12.2 Å². The number of rotatable bonds is 8. The molecule has 1 aliphatic heterocycles. The first-order chi connectivity index (χ1) is 8.85. The zero-order chi connectivity index (χ0) is 12.4. The van der Waals surface area contributed by atoms with Gasteiger partial charge in [-0.05, 0) is 38.5 Å². The van der Waals surface area contributed by atoms with Crippen LogP contribution >= 0.6 is 0 Å². The number of nitrogens with zero attached hydrogens (tertiary/aromatic N) is 1. The summed E-state index contributed by atoms with van der Waals surface area (Å²) in [5, 5.41) is 3.58. The van der Waals surface area contributed by atoms with Gasteiger partial charge in [0.15, 0.2) is 0 Å². The maximum absolute atomic E-state index is 6.16. The molecule has 2 aliphatic carbocycles. The van der Waals surface area contributed by atoms with Crippen LogP contribution in [0.4, 0.5) is 0 Å². The third-order valence-electron chi connectivity index (χ3n) is 4.27. The fourth-order valence-corrected chi connectivity index (χ4v) is 2.89. The first kappa shape index (κ1) is 12.6. The molecule has 2 saturated carbocycles. The standard InChI is InChI=1S/C15H26N2O/c1-2-9-17(13-5-6-13)11-15-8-7-14(18-15)10-16-12-3-4-12/h2,12-16H,1,3-11H2.